The van der Waals surface area contributed by atoms with Gasteiger partial charge in [-0.1, -0.05) is 43.1 Å². The van der Waals surface area contributed by atoms with Gasteiger partial charge in [0.15, 0.2) is 0 Å². The van der Waals surface area contributed by atoms with Crippen molar-refractivity contribution in [2.75, 3.05) is 13.7 Å². The Morgan fingerprint density at radius 1 is 1.42 bits per heavy atom. The number of nitriles is 1. The smallest absolute Gasteiger partial charge is 0.312 e. The van der Waals surface area contributed by atoms with E-state index in [1.807, 2.05) is 13.8 Å². The maximum atomic E-state index is 12.7. The molecule has 140 valence electrons. The summed E-state index contributed by atoms with van der Waals surface area (Å²) in [4.78, 5) is 17.2. The molecule has 1 aliphatic rings. The van der Waals surface area contributed by atoms with Gasteiger partial charge in [-0.2, -0.15) is 5.26 Å². The van der Waals surface area contributed by atoms with Crippen LogP contribution in [0.25, 0.3) is 0 Å². The third-order valence-corrected chi connectivity index (χ3v) is 5.97. The van der Waals surface area contributed by atoms with E-state index in [0.717, 1.165) is 0 Å². The second-order valence-corrected chi connectivity index (χ2v) is 7.67. The molecule has 1 N–H and O–H groups in total. The average Bonchev–Trinajstić information content (AvgIpc) is 2.54. The summed E-state index contributed by atoms with van der Waals surface area (Å²) in [7, 11) is 1.51. The number of carboxylic acid groups (broad SMARTS) is 1. The first kappa shape index (κ1) is 20.7. The van der Waals surface area contributed by atoms with Gasteiger partial charge in [0, 0.05) is 28.8 Å². The van der Waals surface area contributed by atoms with Crippen LogP contribution in [0.3, 0.4) is 0 Å². The number of carboxylic acids is 1. The molecule has 0 saturated carbocycles. The highest BCUT2D eigenvalue weighted by Crippen LogP contribution is 2.55. The van der Waals surface area contributed by atoms with E-state index >= 15 is 0 Å². The van der Waals surface area contributed by atoms with E-state index in [9.17, 15) is 15.2 Å². The van der Waals surface area contributed by atoms with Crippen LogP contribution in [0, 0.1) is 28.6 Å². The first-order valence-electron chi connectivity index (χ1n) is 8.33. The topological polar surface area (TPSA) is 82.7 Å². The zero-order valence-electron chi connectivity index (χ0n) is 15.2. The van der Waals surface area contributed by atoms with Crippen LogP contribution in [0.5, 0.6) is 0 Å². The van der Waals surface area contributed by atoms with Crippen molar-refractivity contribution in [2.24, 2.45) is 22.2 Å². The van der Waals surface area contributed by atoms with Crippen LogP contribution in [0.15, 0.2) is 23.2 Å². The fraction of sp³-hybridized carbons (Fsp3) is 0.526. The minimum Gasteiger partial charge on any atom is -0.481 e. The monoisotopic (exact) mass is 396 g/mol. The third kappa shape index (κ3) is 3.11. The Labute approximate surface area is 163 Å². The summed E-state index contributed by atoms with van der Waals surface area (Å²) < 4.78 is 5.28. The van der Waals surface area contributed by atoms with Crippen LogP contribution in [-0.2, 0) is 9.53 Å². The molecule has 0 bridgehead atoms. The zero-order valence-corrected chi connectivity index (χ0v) is 16.7. The number of aliphatic carboxylic acids is 1. The zero-order chi connectivity index (χ0) is 19.6. The molecular formula is C19H22Cl2N2O3. The lowest BCUT2D eigenvalue weighted by molar-refractivity contribution is -0.158. The van der Waals surface area contributed by atoms with Gasteiger partial charge < -0.3 is 9.84 Å². The Balaban J connectivity index is 2.91. The highest BCUT2D eigenvalue weighted by atomic mass is 35.5. The van der Waals surface area contributed by atoms with E-state index in [4.69, 9.17) is 27.9 Å². The van der Waals surface area contributed by atoms with Gasteiger partial charge in [-0.05, 0) is 30.5 Å². The molecule has 1 aliphatic heterocycles. The molecule has 0 radical (unpaired) electrons. The Bertz CT molecular complexity index is 752. The van der Waals surface area contributed by atoms with Gasteiger partial charge >= 0.3 is 5.97 Å². The molecule has 0 aromatic heterocycles. The minimum atomic E-state index is -1.38. The summed E-state index contributed by atoms with van der Waals surface area (Å²) in [5, 5.41) is 20.9. The lowest BCUT2D eigenvalue weighted by atomic mass is 9.55. The number of hydrogen-bond acceptors (Lipinski definition) is 4. The number of carbonyl (C=O) groups is 1. The quantitative estimate of drug-likeness (QED) is 0.797. The molecule has 0 spiro atoms. The second kappa shape index (κ2) is 7.96. The Kier molecular flexibility index (Phi) is 6.33. The van der Waals surface area contributed by atoms with Crippen molar-refractivity contribution in [1.29, 1.82) is 5.26 Å². The van der Waals surface area contributed by atoms with Gasteiger partial charge in [0.25, 0.3) is 0 Å². The van der Waals surface area contributed by atoms with Gasteiger partial charge in [-0.25, -0.2) is 0 Å². The number of ether oxygens (including phenoxy) is 1. The Hall–Kier alpha value is -1.61. The Morgan fingerprint density at radius 3 is 2.42 bits per heavy atom. The molecule has 2 rings (SSSR count). The average molecular weight is 397 g/mol. The maximum absolute atomic E-state index is 12.7. The molecule has 0 aliphatic carbocycles. The number of methoxy groups -OCH3 is 1. The molecule has 4 unspecified atom stereocenters. The van der Waals surface area contributed by atoms with Gasteiger partial charge in [0.1, 0.15) is 5.41 Å². The largest absolute Gasteiger partial charge is 0.481 e. The van der Waals surface area contributed by atoms with Crippen LogP contribution >= 0.6 is 23.2 Å². The number of rotatable bonds is 5. The predicted octanol–water partition coefficient (Wildman–Crippen LogP) is 4.43. The van der Waals surface area contributed by atoms with Crippen molar-refractivity contribution >= 4 is 34.9 Å². The van der Waals surface area contributed by atoms with Gasteiger partial charge in [-0.15, -0.1) is 0 Å². The highest BCUT2D eigenvalue weighted by molar-refractivity contribution is 6.36. The summed E-state index contributed by atoms with van der Waals surface area (Å²) in [5.41, 5.74) is -0.341. The normalized spacial score (nSPS) is 28.5. The SMILES string of the molecule is COCC1N=C(C)C(C#N)C(c2c(Cl)cccc2Cl)C1(C(=O)O)C(C)C. The Morgan fingerprint density at radius 2 is 2.00 bits per heavy atom. The predicted molar refractivity (Wildman–Crippen MR) is 102 cm³/mol. The van der Waals surface area contributed by atoms with Crippen LogP contribution in [0.2, 0.25) is 10.0 Å². The van der Waals surface area contributed by atoms with E-state index in [1.165, 1.54) is 7.11 Å². The summed E-state index contributed by atoms with van der Waals surface area (Å²) >= 11 is 12.9. The van der Waals surface area contributed by atoms with Crippen LogP contribution in [0.4, 0.5) is 0 Å². The van der Waals surface area contributed by atoms with Gasteiger partial charge in [0.2, 0.25) is 0 Å². The molecule has 0 saturated heterocycles. The fourth-order valence-electron chi connectivity index (χ4n) is 4.14. The second-order valence-electron chi connectivity index (χ2n) is 6.85. The summed E-state index contributed by atoms with van der Waals surface area (Å²) in [6, 6.07) is 6.60. The fourth-order valence-corrected chi connectivity index (χ4v) is 4.77. The van der Waals surface area contributed by atoms with Crippen molar-refractivity contribution in [1.82, 2.24) is 0 Å². The first-order chi connectivity index (χ1) is 12.2. The first-order valence-corrected chi connectivity index (χ1v) is 9.09. The molecule has 0 amide bonds. The molecule has 7 heteroatoms. The van der Waals surface area contributed by atoms with E-state index < -0.39 is 29.3 Å². The molecular weight excluding hydrogens is 375 g/mol. The van der Waals surface area contributed by atoms with Crippen molar-refractivity contribution in [2.45, 2.75) is 32.7 Å². The summed E-state index contributed by atoms with van der Waals surface area (Å²) in [6.45, 7) is 5.50. The van der Waals surface area contributed by atoms with E-state index in [1.54, 1.807) is 25.1 Å². The molecule has 1 heterocycles. The number of aliphatic imine (C=N–C) groups is 1. The number of benzene rings is 1. The van der Waals surface area contributed by atoms with Crippen molar-refractivity contribution < 1.29 is 14.6 Å². The summed E-state index contributed by atoms with van der Waals surface area (Å²) in [5.74, 6) is -2.87. The molecule has 1 aromatic carbocycles. The molecule has 0 fully saturated rings. The summed E-state index contributed by atoms with van der Waals surface area (Å²) in [6.07, 6.45) is 0. The lowest BCUT2D eigenvalue weighted by Gasteiger charge is -2.49. The third-order valence-electron chi connectivity index (χ3n) is 5.31. The van der Waals surface area contributed by atoms with Gasteiger partial charge in [0.05, 0.1) is 24.6 Å². The number of halogens is 2. The van der Waals surface area contributed by atoms with E-state index in [-0.39, 0.29) is 12.5 Å². The maximum Gasteiger partial charge on any atom is 0.312 e. The van der Waals surface area contributed by atoms with Gasteiger partial charge in [-0.3, -0.25) is 9.79 Å². The number of nitrogens with zero attached hydrogens (tertiary/aromatic N) is 2. The molecule has 26 heavy (non-hydrogen) atoms. The van der Waals surface area contributed by atoms with Crippen molar-refractivity contribution in [3.05, 3.63) is 33.8 Å². The standard InChI is InChI=1S/C19H22Cl2N2O3/c1-10(2)19(18(24)25)15(9-26-4)23-11(3)12(8-22)17(19)16-13(20)6-5-7-14(16)21/h5-7,10,12,15,17H,9H2,1-4H3,(H,24,25). The van der Waals surface area contributed by atoms with E-state index in [0.29, 0.717) is 21.3 Å². The highest BCUT2D eigenvalue weighted by Gasteiger charge is 2.60. The molecule has 4 atom stereocenters. The molecule has 1 aromatic rings. The number of hydrogen-bond donors (Lipinski definition) is 1. The van der Waals surface area contributed by atoms with Crippen molar-refractivity contribution in [3.63, 3.8) is 0 Å². The molecule has 5 nitrogen and oxygen atoms in total. The van der Waals surface area contributed by atoms with Crippen LogP contribution in [0.1, 0.15) is 32.3 Å². The van der Waals surface area contributed by atoms with Crippen molar-refractivity contribution in [3.8, 4) is 6.07 Å². The lowest BCUT2D eigenvalue weighted by Crippen LogP contribution is -2.57. The van der Waals surface area contributed by atoms with Crippen LogP contribution < -0.4 is 0 Å². The minimum absolute atomic E-state index is 0.124. The van der Waals surface area contributed by atoms with Crippen LogP contribution in [-0.4, -0.2) is 36.5 Å². The van der Waals surface area contributed by atoms with E-state index in [2.05, 4.69) is 11.1 Å².